The van der Waals surface area contributed by atoms with Crippen molar-refractivity contribution < 1.29 is 18.1 Å². The monoisotopic (exact) mass is 521 g/mol. The highest BCUT2D eigenvalue weighted by molar-refractivity contribution is 9.10. The number of rotatable bonds is 6. The van der Waals surface area contributed by atoms with Gasteiger partial charge in [-0.05, 0) is 29.8 Å². The Labute approximate surface area is 195 Å². The van der Waals surface area contributed by atoms with Crippen LogP contribution < -0.4 is 0 Å². The van der Waals surface area contributed by atoms with Crippen LogP contribution in [0.25, 0.3) is 0 Å². The van der Waals surface area contributed by atoms with E-state index < -0.39 is 14.9 Å². The molecule has 2 aromatic carbocycles. The molecular weight excluding hydrogens is 498 g/mol. The minimum absolute atomic E-state index is 0.00546. The smallest absolute Gasteiger partial charge is 0.269 e. The van der Waals surface area contributed by atoms with Crippen LogP contribution in [0.4, 0.5) is 5.69 Å². The van der Waals surface area contributed by atoms with E-state index in [0.29, 0.717) is 13.2 Å². The maximum absolute atomic E-state index is 13.4. The third-order valence-electron chi connectivity index (χ3n) is 6.14. The van der Waals surface area contributed by atoms with E-state index in [1.165, 1.54) is 28.6 Å². The first-order valence-electron chi connectivity index (χ1n) is 10.2. The molecule has 10 heteroatoms. The Morgan fingerprint density at radius 3 is 2.38 bits per heavy atom. The van der Waals surface area contributed by atoms with Gasteiger partial charge in [-0.1, -0.05) is 40.2 Å². The van der Waals surface area contributed by atoms with Gasteiger partial charge in [0.15, 0.2) is 0 Å². The van der Waals surface area contributed by atoms with Gasteiger partial charge >= 0.3 is 0 Å². The van der Waals surface area contributed by atoms with Crippen molar-refractivity contribution in [3.63, 3.8) is 0 Å². The Hall–Kier alpha value is -2.11. The number of fused-ring (bicyclic) bond motifs is 1. The van der Waals surface area contributed by atoms with Crippen LogP contribution >= 0.6 is 15.9 Å². The number of non-ortho nitro benzene ring substituents is 1. The second-order valence-electron chi connectivity index (χ2n) is 7.91. The van der Waals surface area contributed by atoms with Gasteiger partial charge in [-0.3, -0.25) is 15.0 Å². The van der Waals surface area contributed by atoms with Crippen LogP contribution in [0.3, 0.4) is 0 Å². The van der Waals surface area contributed by atoms with Gasteiger partial charge in [-0.15, -0.1) is 0 Å². The molecule has 0 amide bonds. The van der Waals surface area contributed by atoms with Gasteiger partial charge < -0.3 is 4.74 Å². The van der Waals surface area contributed by atoms with Crippen LogP contribution in [-0.2, 0) is 14.8 Å². The molecule has 0 radical (unpaired) electrons. The molecule has 1 fully saturated rings. The molecule has 2 aliphatic heterocycles. The van der Waals surface area contributed by atoms with Gasteiger partial charge in [0.25, 0.3) is 5.69 Å². The van der Waals surface area contributed by atoms with Gasteiger partial charge in [0.05, 0.1) is 16.4 Å². The predicted molar refractivity (Wildman–Crippen MR) is 124 cm³/mol. The van der Waals surface area contributed by atoms with Gasteiger partial charge in [0.2, 0.25) is 10.0 Å². The first-order chi connectivity index (χ1) is 15.3. The fourth-order valence-electron chi connectivity index (χ4n) is 4.56. The predicted octanol–water partition coefficient (Wildman–Crippen LogP) is 3.40. The molecule has 2 aliphatic rings. The fourth-order valence-corrected chi connectivity index (χ4v) is 6.23. The second-order valence-corrected chi connectivity index (χ2v) is 10.8. The van der Waals surface area contributed by atoms with Crippen molar-refractivity contribution in [2.24, 2.45) is 0 Å². The number of hydrogen-bond donors (Lipinski definition) is 0. The van der Waals surface area contributed by atoms with E-state index in [2.05, 4.69) is 33.0 Å². The molecule has 0 spiro atoms. The maximum atomic E-state index is 13.4. The van der Waals surface area contributed by atoms with E-state index >= 15 is 0 Å². The number of methoxy groups -OCH3 is 1. The quantitative estimate of drug-likeness (QED) is 0.328. The lowest BCUT2D eigenvalue weighted by molar-refractivity contribution is -0.384. The van der Waals surface area contributed by atoms with Gasteiger partial charge in [-0.25, -0.2) is 8.42 Å². The highest BCUT2D eigenvalue weighted by Gasteiger charge is 2.50. The molecule has 0 aliphatic carbocycles. The van der Waals surface area contributed by atoms with E-state index in [1.807, 2.05) is 24.3 Å². The average Bonchev–Trinajstić information content (AvgIpc) is 2.76. The summed E-state index contributed by atoms with van der Waals surface area (Å²) in [4.78, 5) is 12.7. The first-order valence-corrected chi connectivity index (χ1v) is 12.5. The lowest BCUT2D eigenvalue weighted by Gasteiger charge is -2.56. The number of hydrogen-bond acceptors (Lipinski definition) is 6. The lowest BCUT2D eigenvalue weighted by Crippen LogP contribution is -2.67. The van der Waals surface area contributed by atoms with Crippen molar-refractivity contribution in [1.29, 1.82) is 0 Å². The third-order valence-corrected chi connectivity index (χ3v) is 8.52. The summed E-state index contributed by atoms with van der Waals surface area (Å²) >= 11 is 3.47. The van der Waals surface area contributed by atoms with E-state index in [1.54, 1.807) is 7.11 Å². The van der Waals surface area contributed by atoms with E-state index in [0.717, 1.165) is 16.6 Å². The van der Waals surface area contributed by atoms with Crippen LogP contribution in [0.15, 0.2) is 70.1 Å². The zero-order chi connectivity index (χ0) is 22.9. The SMILES string of the molecule is COC[C@@H]1[C@H](c2ccc(Br)cc2)[C@@H]2CN(S(=O)(=O)c3ccc([N+](=O)[O-])cc3)C/C=C\CN12. The molecule has 2 heterocycles. The molecule has 1 saturated heterocycles. The lowest BCUT2D eigenvalue weighted by atomic mass is 9.75. The van der Waals surface area contributed by atoms with Crippen molar-refractivity contribution in [2.75, 3.05) is 33.4 Å². The summed E-state index contributed by atoms with van der Waals surface area (Å²) in [6, 6.07) is 13.3. The molecule has 170 valence electrons. The second kappa shape index (κ2) is 9.40. The van der Waals surface area contributed by atoms with Gasteiger partial charge in [0.1, 0.15) is 0 Å². The largest absolute Gasteiger partial charge is 0.383 e. The average molecular weight is 522 g/mol. The summed E-state index contributed by atoms with van der Waals surface area (Å²) in [5.41, 5.74) is 1.01. The number of ether oxygens (including phenoxy) is 1. The highest BCUT2D eigenvalue weighted by atomic mass is 79.9. The number of nitrogens with zero attached hydrogens (tertiary/aromatic N) is 3. The zero-order valence-corrected chi connectivity index (χ0v) is 19.9. The van der Waals surface area contributed by atoms with E-state index in [9.17, 15) is 18.5 Å². The molecule has 32 heavy (non-hydrogen) atoms. The molecule has 3 atom stereocenters. The standard InChI is InChI=1S/C22H24BrN3O5S/c1-31-15-21-22(16-4-6-17(23)7-5-16)20-14-24(12-2-3-13-25(20)21)32(29,30)19-10-8-18(9-11-19)26(27)28/h2-11,20-22H,12-15H2,1H3/b3-2-/t20-,21+,22+/m0/s1. The number of halogens is 1. The minimum Gasteiger partial charge on any atom is -0.383 e. The van der Waals surface area contributed by atoms with Crippen LogP contribution in [0.5, 0.6) is 0 Å². The molecule has 0 saturated carbocycles. The summed E-state index contributed by atoms with van der Waals surface area (Å²) < 4.78 is 34.7. The summed E-state index contributed by atoms with van der Waals surface area (Å²) in [6.07, 6.45) is 3.85. The van der Waals surface area contributed by atoms with Crippen molar-refractivity contribution in [1.82, 2.24) is 9.21 Å². The van der Waals surface area contributed by atoms with Crippen LogP contribution in [0, 0.1) is 10.1 Å². The Morgan fingerprint density at radius 1 is 1.09 bits per heavy atom. The summed E-state index contributed by atoms with van der Waals surface area (Å²) in [7, 11) is -2.14. The van der Waals surface area contributed by atoms with Crippen LogP contribution in [0.1, 0.15) is 11.5 Å². The summed E-state index contributed by atoms with van der Waals surface area (Å²) in [5.74, 6) is 0.129. The molecule has 0 unspecified atom stereocenters. The molecule has 0 aromatic heterocycles. The van der Waals surface area contributed by atoms with E-state index in [-0.39, 0.29) is 35.1 Å². The maximum Gasteiger partial charge on any atom is 0.269 e. The molecule has 2 aromatic rings. The number of nitro groups is 1. The normalized spacial score (nSPS) is 25.2. The van der Waals surface area contributed by atoms with Crippen molar-refractivity contribution in [3.05, 3.63) is 80.8 Å². The summed E-state index contributed by atoms with van der Waals surface area (Å²) in [6.45, 7) is 1.87. The minimum atomic E-state index is -3.81. The van der Waals surface area contributed by atoms with Crippen molar-refractivity contribution in [3.8, 4) is 0 Å². The van der Waals surface area contributed by atoms with Crippen molar-refractivity contribution >= 4 is 31.6 Å². The number of sulfonamides is 1. The molecular formula is C22H24BrN3O5S. The third kappa shape index (κ3) is 4.38. The van der Waals surface area contributed by atoms with Crippen LogP contribution in [0.2, 0.25) is 0 Å². The Morgan fingerprint density at radius 2 is 1.75 bits per heavy atom. The Bertz CT molecular complexity index is 1110. The Balaban J connectivity index is 1.64. The van der Waals surface area contributed by atoms with Gasteiger partial charge in [0, 0.05) is 61.4 Å². The Kier molecular flexibility index (Phi) is 6.78. The molecule has 8 nitrogen and oxygen atoms in total. The fraction of sp³-hybridized carbons (Fsp3) is 0.364. The van der Waals surface area contributed by atoms with Crippen molar-refractivity contribution in [2.45, 2.75) is 22.9 Å². The molecule has 0 N–H and O–H groups in total. The number of benzene rings is 2. The van der Waals surface area contributed by atoms with Crippen LogP contribution in [-0.4, -0.2) is 68.0 Å². The zero-order valence-electron chi connectivity index (χ0n) is 17.5. The molecule has 0 bridgehead atoms. The topological polar surface area (TPSA) is 93.0 Å². The number of nitro benzene ring substituents is 1. The first kappa shape index (κ1) is 23.1. The highest BCUT2D eigenvalue weighted by Crippen LogP contribution is 2.42. The summed E-state index contributed by atoms with van der Waals surface area (Å²) in [5, 5.41) is 10.9. The van der Waals surface area contributed by atoms with E-state index in [4.69, 9.17) is 4.74 Å². The molecule has 4 rings (SSSR count). The van der Waals surface area contributed by atoms with Gasteiger partial charge in [-0.2, -0.15) is 4.31 Å².